The van der Waals surface area contributed by atoms with Gasteiger partial charge in [0.2, 0.25) is 11.8 Å². The summed E-state index contributed by atoms with van der Waals surface area (Å²) >= 11 is 1.87. The van der Waals surface area contributed by atoms with Crippen LogP contribution in [0.2, 0.25) is 0 Å². The summed E-state index contributed by atoms with van der Waals surface area (Å²) in [7, 11) is 0. The van der Waals surface area contributed by atoms with Gasteiger partial charge in [-0.2, -0.15) is 11.8 Å². The van der Waals surface area contributed by atoms with Crippen LogP contribution in [0.1, 0.15) is 25.7 Å². The lowest BCUT2D eigenvalue weighted by Gasteiger charge is -2.16. The summed E-state index contributed by atoms with van der Waals surface area (Å²) in [5.41, 5.74) is 4.94. The molecule has 2 aliphatic heterocycles. The molecular weight excluding hydrogens is 280 g/mol. The van der Waals surface area contributed by atoms with Crippen LogP contribution in [0.5, 0.6) is 0 Å². The predicted molar refractivity (Wildman–Crippen MR) is 76.2 cm³/mol. The molecule has 0 unspecified atom stereocenters. The van der Waals surface area contributed by atoms with Crippen molar-refractivity contribution < 1.29 is 14.4 Å². The van der Waals surface area contributed by atoms with Gasteiger partial charge in [0, 0.05) is 17.4 Å². The van der Waals surface area contributed by atoms with Crippen LogP contribution in [0.25, 0.3) is 0 Å². The van der Waals surface area contributed by atoms with Gasteiger partial charge < -0.3 is 21.7 Å². The van der Waals surface area contributed by atoms with Crippen LogP contribution in [0.4, 0.5) is 4.79 Å². The zero-order valence-electron chi connectivity index (χ0n) is 11.2. The minimum Gasteiger partial charge on any atom is -0.368 e. The van der Waals surface area contributed by atoms with Crippen molar-refractivity contribution >= 4 is 29.6 Å². The normalized spacial score (nSPS) is 27.6. The fourth-order valence-corrected chi connectivity index (χ4v) is 4.09. The molecule has 0 saturated carbocycles. The first kappa shape index (κ1) is 15.0. The van der Waals surface area contributed by atoms with E-state index in [1.807, 2.05) is 11.8 Å². The van der Waals surface area contributed by atoms with Gasteiger partial charge in [-0.1, -0.05) is 6.42 Å². The van der Waals surface area contributed by atoms with Gasteiger partial charge in [-0.3, -0.25) is 9.59 Å². The molecule has 2 saturated heterocycles. The van der Waals surface area contributed by atoms with Crippen molar-refractivity contribution in [3.63, 3.8) is 0 Å². The highest BCUT2D eigenvalue weighted by Crippen LogP contribution is 2.33. The van der Waals surface area contributed by atoms with Crippen LogP contribution in [0.15, 0.2) is 0 Å². The van der Waals surface area contributed by atoms with E-state index in [1.54, 1.807) is 0 Å². The van der Waals surface area contributed by atoms with Gasteiger partial charge >= 0.3 is 6.03 Å². The predicted octanol–water partition coefficient (Wildman–Crippen LogP) is -0.686. The molecule has 0 aromatic carbocycles. The van der Waals surface area contributed by atoms with Crippen molar-refractivity contribution in [2.75, 3.05) is 12.3 Å². The van der Waals surface area contributed by atoms with Gasteiger partial charge in [0.1, 0.15) is 0 Å². The Kier molecular flexibility index (Phi) is 5.11. The highest BCUT2D eigenvalue weighted by Gasteiger charge is 2.42. The molecule has 0 aromatic rings. The van der Waals surface area contributed by atoms with Gasteiger partial charge in [0.15, 0.2) is 0 Å². The van der Waals surface area contributed by atoms with E-state index in [-0.39, 0.29) is 30.6 Å². The van der Waals surface area contributed by atoms with Crippen molar-refractivity contribution in [1.82, 2.24) is 16.0 Å². The number of carbonyl (C=O) groups excluding carboxylic acids is 3. The molecule has 8 heteroatoms. The largest absolute Gasteiger partial charge is 0.368 e. The Morgan fingerprint density at radius 2 is 2.15 bits per heavy atom. The van der Waals surface area contributed by atoms with E-state index in [2.05, 4.69) is 16.0 Å². The van der Waals surface area contributed by atoms with Crippen molar-refractivity contribution in [2.45, 2.75) is 43.0 Å². The maximum Gasteiger partial charge on any atom is 0.315 e. The molecule has 2 rings (SSSR count). The average Bonchev–Trinajstić information content (AvgIpc) is 2.92. The maximum absolute atomic E-state index is 11.4. The Morgan fingerprint density at radius 3 is 2.90 bits per heavy atom. The molecule has 2 heterocycles. The summed E-state index contributed by atoms with van der Waals surface area (Å²) in [6, 6.07) is 0.392. The molecule has 0 aliphatic carbocycles. The first-order valence-electron chi connectivity index (χ1n) is 6.80. The SMILES string of the molecule is NC(=O)CNC(=O)CCCC[C@@H]1SC[C@@H]2NC(=O)N[C@@H]21. The average molecular weight is 300 g/mol. The Morgan fingerprint density at radius 1 is 1.35 bits per heavy atom. The first-order chi connectivity index (χ1) is 9.56. The number of urea groups is 1. The lowest BCUT2D eigenvalue weighted by atomic mass is 10.0. The van der Waals surface area contributed by atoms with Crippen molar-refractivity contribution in [1.29, 1.82) is 0 Å². The van der Waals surface area contributed by atoms with E-state index in [0.29, 0.717) is 11.7 Å². The minimum atomic E-state index is -0.531. The van der Waals surface area contributed by atoms with Crippen molar-refractivity contribution in [3.05, 3.63) is 0 Å². The van der Waals surface area contributed by atoms with E-state index < -0.39 is 5.91 Å². The number of nitrogens with two attached hydrogens (primary N) is 1. The smallest absolute Gasteiger partial charge is 0.315 e. The number of rotatable bonds is 7. The standard InChI is InChI=1S/C12H20N4O3S/c13-9(17)5-14-10(18)4-2-1-3-8-11-7(6-20-8)15-12(19)16-11/h7-8,11H,1-6H2,(H2,13,17)(H,14,18)(H2,15,16,19)/t7-,8-,11-/m0/s1. The molecule has 112 valence electrons. The second kappa shape index (κ2) is 6.83. The van der Waals surface area contributed by atoms with E-state index >= 15 is 0 Å². The van der Waals surface area contributed by atoms with Crippen LogP contribution < -0.4 is 21.7 Å². The first-order valence-corrected chi connectivity index (χ1v) is 7.85. The molecule has 20 heavy (non-hydrogen) atoms. The van der Waals surface area contributed by atoms with Crippen LogP contribution >= 0.6 is 11.8 Å². The third-order valence-corrected chi connectivity index (χ3v) is 5.05. The Hall–Kier alpha value is -1.44. The second-order valence-corrected chi connectivity index (χ2v) is 6.38. The van der Waals surface area contributed by atoms with E-state index in [4.69, 9.17) is 5.73 Å². The van der Waals surface area contributed by atoms with E-state index in [9.17, 15) is 14.4 Å². The second-order valence-electron chi connectivity index (χ2n) is 5.11. The van der Waals surface area contributed by atoms with Gasteiger partial charge in [0.25, 0.3) is 0 Å². The van der Waals surface area contributed by atoms with E-state index in [0.717, 1.165) is 25.0 Å². The number of thioether (sulfide) groups is 1. The highest BCUT2D eigenvalue weighted by atomic mass is 32.2. The number of hydrogen-bond acceptors (Lipinski definition) is 4. The number of fused-ring (bicyclic) bond motifs is 1. The molecule has 0 bridgehead atoms. The molecular formula is C12H20N4O3S. The van der Waals surface area contributed by atoms with Crippen LogP contribution in [0.3, 0.4) is 0 Å². The zero-order chi connectivity index (χ0) is 14.5. The molecule has 2 fully saturated rings. The van der Waals surface area contributed by atoms with Gasteiger partial charge in [-0.15, -0.1) is 0 Å². The zero-order valence-corrected chi connectivity index (χ0v) is 12.0. The topological polar surface area (TPSA) is 113 Å². The molecule has 7 nitrogen and oxygen atoms in total. The van der Waals surface area contributed by atoms with Gasteiger partial charge in [-0.05, 0) is 12.8 Å². The third kappa shape index (κ3) is 4.03. The molecule has 5 N–H and O–H groups in total. The van der Waals surface area contributed by atoms with Gasteiger partial charge in [0.05, 0.1) is 18.6 Å². The summed E-state index contributed by atoms with van der Waals surface area (Å²) in [5, 5.41) is 8.74. The number of nitrogens with one attached hydrogen (secondary N) is 3. The van der Waals surface area contributed by atoms with Crippen LogP contribution in [-0.2, 0) is 9.59 Å². The fraction of sp³-hybridized carbons (Fsp3) is 0.750. The molecule has 0 spiro atoms. The third-order valence-electron chi connectivity index (χ3n) is 3.54. The quantitative estimate of drug-likeness (QED) is 0.368. The summed E-state index contributed by atoms with van der Waals surface area (Å²) in [6.45, 7) is -0.0984. The van der Waals surface area contributed by atoms with E-state index in [1.165, 1.54) is 0 Å². The molecule has 0 radical (unpaired) electrons. The number of hydrogen-bond donors (Lipinski definition) is 4. The summed E-state index contributed by atoms with van der Waals surface area (Å²) in [6.07, 6.45) is 3.10. The number of carbonyl (C=O) groups is 3. The van der Waals surface area contributed by atoms with Crippen LogP contribution in [0, 0.1) is 0 Å². The van der Waals surface area contributed by atoms with Gasteiger partial charge in [-0.25, -0.2) is 4.79 Å². The minimum absolute atomic E-state index is 0.0730. The molecule has 3 atom stereocenters. The number of primary amides is 1. The molecule has 0 aromatic heterocycles. The fourth-order valence-electron chi connectivity index (χ4n) is 2.55. The molecule has 2 aliphatic rings. The Bertz CT molecular complexity index is 404. The lowest BCUT2D eigenvalue weighted by molar-refractivity contribution is -0.124. The Labute approximate surface area is 121 Å². The lowest BCUT2D eigenvalue weighted by Crippen LogP contribution is -2.36. The summed E-state index contributed by atoms with van der Waals surface area (Å²) < 4.78 is 0. The molecule has 4 amide bonds. The number of unbranched alkanes of at least 4 members (excludes halogenated alkanes) is 1. The maximum atomic E-state index is 11.4. The monoisotopic (exact) mass is 300 g/mol. The number of amides is 4. The van der Waals surface area contributed by atoms with Crippen molar-refractivity contribution in [3.8, 4) is 0 Å². The van der Waals surface area contributed by atoms with Crippen LogP contribution in [-0.4, -0.2) is 47.5 Å². The Balaban J connectivity index is 1.58. The highest BCUT2D eigenvalue weighted by molar-refractivity contribution is 8.00. The summed E-state index contributed by atoms with van der Waals surface area (Å²) in [5.74, 6) is 0.278. The summed E-state index contributed by atoms with van der Waals surface area (Å²) in [4.78, 5) is 33.1. The van der Waals surface area contributed by atoms with Crippen molar-refractivity contribution in [2.24, 2.45) is 5.73 Å².